The number of carbonyl (C=O) groups excluding carboxylic acids is 3. The number of amides is 3. The quantitative estimate of drug-likeness (QED) is 0.633. The number of nitriles is 1. The van der Waals surface area contributed by atoms with Gasteiger partial charge in [-0.1, -0.05) is 63.4 Å². The van der Waals surface area contributed by atoms with Crippen molar-refractivity contribution in [3.05, 3.63) is 35.9 Å². The molecule has 184 valence electrons. The number of carbonyl (C=O) groups is 3. The van der Waals surface area contributed by atoms with Gasteiger partial charge in [0.15, 0.2) is 0 Å². The summed E-state index contributed by atoms with van der Waals surface area (Å²) in [5.74, 6) is -0.601. The topological polar surface area (TPSA) is 111 Å². The Labute approximate surface area is 203 Å². The molecule has 2 saturated heterocycles. The molecule has 2 aliphatic heterocycles. The number of hydrogen-bond donors (Lipinski definition) is 3. The van der Waals surface area contributed by atoms with Gasteiger partial charge in [-0.15, -0.1) is 0 Å². The summed E-state index contributed by atoms with van der Waals surface area (Å²) in [7, 11) is 0. The van der Waals surface area contributed by atoms with E-state index in [1.165, 1.54) is 0 Å². The Bertz CT molecular complexity index is 880. The predicted molar refractivity (Wildman–Crippen MR) is 130 cm³/mol. The fourth-order valence-corrected chi connectivity index (χ4v) is 5.18. The highest BCUT2D eigenvalue weighted by molar-refractivity contribution is 5.89. The molecule has 7 heteroatoms. The van der Waals surface area contributed by atoms with Gasteiger partial charge >= 0.3 is 0 Å². The first-order valence-corrected chi connectivity index (χ1v) is 12.7. The van der Waals surface area contributed by atoms with Crippen LogP contribution in [0.5, 0.6) is 0 Å². The molecule has 0 unspecified atom stereocenters. The monoisotopic (exact) mass is 466 g/mol. The van der Waals surface area contributed by atoms with E-state index >= 15 is 0 Å². The molecule has 1 aromatic carbocycles. The van der Waals surface area contributed by atoms with E-state index in [4.69, 9.17) is 0 Å². The summed E-state index contributed by atoms with van der Waals surface area (Å²) in [6.45, 7) is 4.64. The zero-order chi connectivity index (χ0) is 24.5. The second kappa shape index (κ2) is 12.5. The maximum absolute atomic E-state index is 13.3. The van der Waals surface area contributed by atoms with Crippen LogP contribution in [0.1, 0.15) is 64.4 Å². The Morgan fingerprint density at radius 1 is 0.971 bits per heavy atom. The summed E-state index contributed by atoms with van der Waals surface area (Å²) in [6.07, 6.45) is 5.97. The van der Waals surface area contributed by atoms with E-state index < -0.39 is 12.1 Å². The third-order valence-electron chi connectivity index (χ3n) is 7.07. The molecule has 3 rings (SSSR count). The maximum atomic E-state index is 13.3. The highest BCUT2D eigenvalue weighted by Crippen LogP contribution is 2.28. The fraction of sp³-hybridized carbons (Fsp3) is 0.630. The molecule has 0 aliphatic carbocycles. The van der Waals surface area contributed by atoms with Crippen molar-refractivity contribution in [3.8, 4) is 6.07 Å². The van der Waals surface area contributed by atoms with Crippen molar-refractivity contribution in [2.45, 2.75) is 77.3 Å². The number of rotatable bonds is 4. The van der Waals surface area contributed by atoms with Crippen LogP contribution in [-0.2, 0) is 20.8 Å². The molecule has 2 heterocycles. The highest BCUT2D eigenvalue weighted by Gasteiger charge is 2.37. The van der Waals surface area contributed by atoms with Crippen molar-refractivity contribution in [2.24, 2.45) is 23.7 Å². The third-order valence-corrected chi connectivity index (χ3v) is 7.07. The lowest BCUT2D eigenvalue weighted by molar-refractivity contribution is -0.132. The molecule has 3 amide bonds. The minimum atomic E-state index is -0.763. The van der Waals surface area contributed by atoms with Crippen molar-refractivity contribution in [1.29, 1.82) is 5.26 Å². The van der Waals surface area contributed by atoms with Gasteiger partial charge in [0.2, 0.25) is 17.7 Å². The number of benzene rings is 1. The van der Waals surface area contributed by atoms with Crippen LogP contribution in [-0.4, -0.2) is 36.3 Å². The molecule has 7 nitrogen and oxygen atoms in total. The van der Waals surface area contributed by atoms with E-state index in [9.17, 15) is 19.6 Å². The summed E-state index contributed by atoms with van der Waals surface area (Å²) in [6, 6.07) is 10.7. The smallest absolute Gasteiger partial charge is 0.243 e. The summed E-state index contributed by atoms with van der Waals surface area (Å²) in [5.41, 5.74) is 1.10. The van der Waals surface area contributed by atoms with Gasteiger partial charge < -0.3 is 16.0 Å². The van der Waals surface area contributed by atoms with Crippen molar-refractivity contribution in [1.82, 2.24) is 16.0 Å². The zero-order valence-electron chi connectivity index (χ0n) is 20.4. The molecule has 2 fully saturated rings. The largest absolute Gasteiger partial charge is 0.356 e. The van der Waals surface area contributed by atoms with Crippen molar-refractivity contribution >= 4 is 17.7 Å². The zero-order valence-corrected chi connectivity index (χ0v) is 20.4. The van der Waals surface area contributed by atoms with Crippen LogP contribution in [0.3, 0.4) is 0 Å². The molecule has 0 spiro atoms. The van der Waals surface area contributed by atoms with Crippen LogP contribution in [0.2, 0.25) is 0 Å². The van der Waals surface area contributed by atoms with Crippen molar-refractivity contribution in [3.63, 3.8) is 0 Å². The van der Waals surface area contributed by atoms with Gasteiger partial charge in [0.1, 0.15) is 12.1 Å². The lowest BCUT2D eigenvalue weighted by Gasteiger charge is -2.25. The Morgan fingerprint density at radius 2 is 1.71 bits per heavy atom. The average molecular weight is 467 g/mol. The summed E-state index contributed by atoms with van der Waals surface area (Å²) in [4.78, 5) is 38.9. The first kappa shape index (κ1) is 25.7. The molecule has 2 aliphatic rings. The van der Waals surface area contributed by atoms with Crippen LogP contribution in [0.25, 0.3) is 0 Å². The number of hydrogen-bond acceptors (Lipinski definition) is 4. The lowest BCUT2D eigenvalue weighted by atomic mass is 9.85. The first-order valence-electron chi connectivity index (χ1n) is 12.7. The lowest BCUT2D eigenvalue weighted by Crippen LogP contribution is -2.51. The molecule has 0 radical (unpaired) electrons. The molecule has 34 heavy (non-hydrogen) atoms. The van der Waals surface area contributed by atoms with E-state index in [1.807, 2.05) is 44.2 Å². The summed E-state index contributed by atoms with van der Waals surface area (Å²) in [5, 5.41) is 18.5. The molecule has 0 bridgehead atoms. The van der Waals surface area contributed by atoms with Gasteiger partial charge in [-0.25, -0.2) is 0 Å². The molecule has 0 aromatic heterocycles. The third kappa shape index (κ3) is 7.31. The second-order valence-corrected chi connectivity index (χ2v) is 10.3. The summed E-state index contributed by atoms with van der Waals surface area (Å²) < 4.78 is 0. The minimum absolute atomic E-state index is 0.0289. The van der Waals surface area contributed by atoms with E-state index in [2.05, 4.69) is 22.0 Å². The van der Waals surface area contributed by atoms with E-state index in [0.717, 1.165) is 37.7 Å². The molecule has 5 atom stereocenters. The Kier molecular flexibility index (Phi) is 9.50. The molecule has 0 saturated carbocycles. The van der Waals surface area contributed by atoms with Gasteiger partial charge in [0.25, 0.3) is 0 Å². The minimum Gasteiger partial charge on any atom is -0.356 e. The maximum Gasteiger partial charge on any atom is 0.243 e. The van der Waals surface area contributed by atoms with E-state index in [-0.39, 0.29) is 41.4 Å². The Hall–Kier alpha value is -2.88. The van der Waals surface area contributed by atoms with Crippen molar-refractivity contribution in [2.75, 3.05) is 6.54 Å². The number of nitrogens with one attached hydrogen (secondary N) is 3. The SMILES string of the molecule is CC(C)C[C@@H]1NC(=O)[C@@H](Cc2ccccc2)CCCCC[C@H]2CNC(=O)[C@H]2C[C@@H](C#N)NC1=O. The van der Waals surface area contributed by atoms with Crippen LogP contribution in [0.4, 0.5) is 0 Å². The first-order chi connectivity index (χ1) is 16.4. The Morgan fingerprint density at radius 3 is 2.41 bits per heavy atom. The standard InChI is InChI=1S/C27H38N4O3/c1-18(2)13-24-27(34)30-22(16-28)15-23-21(17-29-26(23)33)12-8-4-7-11-20(25(32)31-24)14-19-9-5-3-6-10-19/h3,5-6,9-10,18,20-24H,4,7-8,11-15,17H2,1-2H3,(H,29,33)(H,30,34)(H,31,32)/t20-,21+,22+,23+,24+/m1/s1. The average Bonchev–Trinajstić information content (AvgIpc) is 3.15. The van der Waals surface area contributed by atoms with Crippen LogP contribution >= 0.6 is 0 Å². The van der Waals surface area contributed by atoms with Gasteiger partial charge in [-0.3, -0.25) is 14.4 Å². The molecule has 1 aromatic rings. The molecular formula is C27H38N4O3. The van der Waals surface area contributed by atoms with Gasteiger partial charge in [-0.05, 0) is 49.5 Å². The van der Waals surface area contributed by atoms with Crippen LogP contribution in [0.15, 0.2) is 30.3 Å². The fourth-order valence-electron chi connectivity index (χ4n) is 5.18. The van der Waals surface area contributed by atoms with E-state index in [1.54, 1.807) is 0 Å². The van der Waals surface area contributed by atoms with Gasteiger partial charge in [0, 0.05) is 18.4 Å². The van der Waals surface area contributed by atoms with Gasteiger partial charge in [-0.2, -0.15) is 5.26 Å². The number of nitrogens with zero attached hydrogens (tertiary/aromatic N) is 1. The molecule has 3 N–H and O–H groups in total. The van der Waals surface area contributed by atoms with Crippen molar-refractivity contribution < 1.29 is 14.4 Å². The number of fused-ring (bicyclic) bond motifs is 1. The summed E-state index contributed by atoms with van der Waals surface area (Å²) >= 11 is 0. The van der Waals surface area contributed by atoms with E-state index in [0.29, 0.717) is 25.8 Å². The predicted octanol–water partition coefficient (Wildman–Crippen LogP) is 3.10. The second-order valence-electron chi connectivity index (χ2n) is 10.3. The van der Waals surface area contributed by atoms with Crippen LogP contribution in [0, 0.1) is 35.0 Å². The molecular weight excluding hydrogens is 428 g/mol. The highest BCUT2D eigenvalue weighted by atomic mass is 16.2. The van der Waals surface area contributed by atoms with Crippen LogP contribution < -0.4 is 16.0 Å². The normalized spacial score (nSPS) is 29.1. The van der Waals surface area contributed by atoms with Gasteiger partial charge in [0.05, 0.1) is 6.07 Å². The Balaban J connectivity index is 1.81.